The van der Waals surface area contributed by atoms with Crippen molar-refractivity contribution in [1.29, 1.82) is 0 Å². The lowest BCUT2D eigenvalue weighted by Gasteiger charge is -2.28. The fourth-order valence-electron chi connectivity index (χ4n) is 2.59. The molecule has 1 aliphatic heterocycles. The number of nitrogens with one attached hydrogen (secondary N) is 2. The summed E-state index contributed by atoms with van der Waals surface area (Å²) in [5, 5.41) is 6.14. The monoisotopic (exact) mass is 385 g/mol. The Morgan fingerprint density at radius 3 is 2.60 bits per heavy atom. The molecule has 136 valence electrons. The highest BCUT2D eigenvalue weighted by molar-refractivity contribution is 6.36. The molecule has 1 heterocycles. The first-order chi connectivity index (χ1) is 11.8. The van der Waals surface area contributed by atoms with Gasteiger partial charge in [0.2, 0.25) is 11.8 Å². The minimum atomic E-state index is -0.701. The molecule has 25 heavy (non-hydrogen) atoms. The zero-order valence-corrected chi connectivity index (χ0v) is 15.7. The molecule has 1 aromatic carbocycles. The van der Waals surface area contributed by atoms with Gasteiger partial charge in [-0.1, -0.05) is 37.0 Å². The van der Waals surface area contributed by atoms with Crippen molar-refractivity contribution in [2.45, 2.75) is 26.3 Å². The van der Waals surface area contributed by atoms with E-state index in [4.69, 9.17) is 23.2 Å². The Balaban J connectivity index is 2.13. The number of amides is 3. The molecule has 1 aliphatic rings. The Bertz CT molecular complexity index is 679. The van der Waals surface area contributed by atoms with Crippen LogP contribution in [0.5, 0.6) is 0 Å². The fourth-order valence-corrected chi connectivity index (χ4v) is 3.08. The third-order valence-corrected chi connectivity index (χ3v) is 4.57. The third kappa shape index (κ3) is 5.09. The SMILES string of the molecule is CC(C)[C@H](NC(=O)c1ccc(Cl)cc1Cl)C(=O)N1CCNC(=O)CC1. The number of carbonyl (C=O) groups excluding carboxylic acids is 3. The molecule has 2 N–H and O–H groups in total. The summed E-state index contributed by atoms with van der Waals surface area (Å²) in [5.41, 5.74) is 0.261. The summed E-state index contributed by atoms with van der Waals surface area (Å²) in [6.07, 6.45) is 0.257. The summed E-state index contributed by atoms with van der Waals surface area (Å²) in [6, 6.07) is 3.88. The van der Waals surface area contributed by atoms with Crippen LogP contribution in [0.1, 0.15) is 30.6 Å². The van der Waals surface area contributed by atoms with Gasteiger partial charge in [0.1, 0.15) is 6.04 Å². The van der Waals surface area contributed by atoms with E-state index in [2.05, 4.69) is 10.6 Å². The number of carbonyl (C=O) groups is 3. The van der Waals surface area contributed by atoms with Crippen molar-refractivity contribution < 1.29 is 14.4 Å². The van der Waals surface area contributed by atoms with Crippen LogP contribution in [-0.4, -0.2) is 48.3 Å². The van der Waals surface area contributed by atoms with Crippen LogP contribution in [0.4, 0.5) is 0 Å². The first kappa shape index (κ1) is 19.5. The lowest BCUT2D eigenvalue weighted by atomic mass is 10.0. The molecule has 0 aliphatic carbocycles. The molecule has 1 fully saturated rings. The largest absolute Gasteiger partial charge is 0.354 e. The fraction of sp³-hybridized carbons (Fsp3) is 0.471. The predicted molar refractivity (Wildman–Crippen MR) is 96.8 cm³/mol. The first-order valence-corrected chi connectivity index (χ1v) is 8.86. The van der Waals surface area contributed by atoms with Crippen LogP contribution in [0, 0.1) is 5.92 Å². The van der Waals surface area contributed by atoms with E-state index in [1.54, 1.807) is 11.0 Å². The maximum absolute atomic E-state index is 12.8. The van der Waals surface area contributed by atoms with Gasteiger partial charge in [-0.15, -0.1) is 0 Å². The summed E-state index contributed by atoms with van der Waals surface area (Å²) in [7, 11) is 0. The van der Waals surface area contributed by atoms with Crippen molar-refractivity contribution in [3.05, 3.63) is 33.8 Å². The summed E-state index contributed by atoms with van der Waals surface area (Å²) < 4.78 is 0. The highest BCUT2D eigenvalue weighted by Gasteiger charge is 2.30. The topological polar surface area (TPSA) is 78.5 Å². The van der Waals surface area contributed by atoms with Gasteiger partial charge in [-0.3, -0.25) is 14.4 Å². The highest BCUT2D eigenvalue weighted by atomic mass is 35.5. The number of hydrogen-bond acceptors (Lipinski definition) is 3. The Kier molecular flexibility index (Phi) is 6.67. The van der Waals surface area contributed by atoms with Gasteiger partial charge in [0.25, 0.3) is 5.91 Å². The van der Waals surface area contributed by atoms with Gasteiger partial charge in [0.05, 0.1) is 10.6 Å². The second-order valence-corrected chi connectivity index (χ2v) is 7.09. The van der Waals surface area contributed by atoms with Crippen LogP contribution >= 0.6 is 23.2 Å². The molecular weight excluding hydrogens is 365 g/mol. The number of rotatable bonds is 4. The maximum atomic E-state index is 12.8. The van der Waals surface area contributed by atoms with Gasteiger partial charge in [0, 0.05) is 31.1 Å². The summed E-state index contributed by atoms with van der Waals surface area (Å²) in [6.45, 7) is 4.88. The van der Waals surface area contributed by atoms with Crippen molar-refractivity contribution in [2.75, 3.05) is 19.6 Å². The van der Waals surface area contributed by atoms with Gasteiger partial charge >= 0.3 is 0 Å². The molecule has 0 radical (unpaired) electrons. The van der Waals surface area contributed by atoms with Gasteiger partial charge in [0.15, 0.2) is 0 Å². The molecule has 3 amide bonds. The summed E-state index contributed by atoms with van der Waals surface area (Å²) in [5.74, 6) is -0.828. The first-order valence-electron chi connectivity index (χ1n) is 8.11. The van der Waals surface area contributed by atoms with E-state index in [1.807, 2.05) is 13.8 Å². The molecule has 1 aromatic rings. The molecule has 2 rings (SSSR count). The molecular formula is C17H21Cl2N3O3. The Labute approximate surface area is 156 Å². The second kappa shape index (κ2) is 8.54. The van der Waals surface area contributed by atoms with Gasteiger partial charge in [-0.05, 0) is 24.1 Å². The second-order valence-electron chi connectivity index (χ2n) is 6.24. The smallest absolute Gasteiger partial charge is 0.253 e. The van der Waals surface area contributed by atoms with Crippen LogP contribution in [0.3, 0.4) is 0 Å². The third-order valence-electron chi connectivity index (χ3n) is 4.02. The number of hydrogen-bond donors (Lipinski definition) is 2. The van der Waals surface area contributed by atoms with Crippen molar-refractivity contribution in [1.82, 2.24) is 15.5 Å². The molecule has 0 saturated carbocycles. The van der Waals surface area contributed by atoms with Crippen molar-refractivity contribution >= 4 is 40.9 Å². The van der Waals surface area contributed by atoms with Gasteiger partial charge in [-0.25, -0.2) is 0 Å². The molecule has 0 spiro atoms. The molecule has 0 bridgehead atoms. The molecule has 6 nitrogen and oxygen atoms in total. The highest BCUT2D eigenvalue weighted by Crippen LogP contribution is 2.21. The van der Waals surface area contributed by atoms with Crippen molar-refractivity contribution in [3.8, 4) is 0 Å². The van der Waals surface area contributed by atoms with E-state index in [0.29, 0.717) is 24.7 Å². The van der Waals surface area contributed by atoms with Crippen molar-refractivity contribution in [3.63, 3.8) is 0 Å². The molecule has 0 unspecified atom stereocenters. The lowest BCUT2D eigenvalue weighted by Crippen LogP contribution is -2.52. The normalized spacial score (nSPS) is 16.2. The van der Waals surface area contributed by atoms with E-state index in [-0.39, 0.29) is 34.7 Å². The average Bonchev–Trinajstić information content (AvgIpc) is 2.76. The van der Waals surface area contributed by atoms with E-state index >= 15 is 0 Å². The van der Waals surface area contributed by atoms with Crippen LogP contribution < -0.4 is 10.6 Å². The standard InChI is InChI=1S/C17H21Cl2N3O3/c1-10(2)15(17(25)22-7-5-14(23)20-6-8-22)21-16(24)12-4-3-11(18)9-13(12)19/h3-4,9-10,15H,5-8H2,1-2H3,(H,20,23)(H,21,24)/t15-/m0/s1. The molecule has 8 heteroatoms. The lowest BCUT2D eigenvalue weighted by molar-refractivity contribution is -0.134. The Hall–Kier alpha value is -1.79. The number of nitrogens with zero attached hydrogens (tertiary/aromatic N) is 1. The van der Waals surface area contributed by atoms with E-state index in [9.17, 15) is 14.4 Å². The van der Waals surface area contributed by atoms with E-state index in [0.717, 1.165) is 0 Å². The van der Waals surface area contributed by atoms with E-state index in [1.165, 1.54) is 12.1 Å². The van der Waals surface area contributed by atoms with Gasteiger partial charge < -0.3 is 15.5 Å². The number of halogens is 2. The summed E-state index contributed by atoms with van der Waals surface area (Å²) in [4.78, 5) is 38.4. The van der Waals surface area contributed by atoms with E-state index < -0.39 is 11.9 Å². The Morgan fingerprint density at radius 2 is 1.96 bits per heavy atom. The Morgan fingerprint density at radius 1 is 1.24 bits per heavy atom. The molecule has 0 aromatic heterocycles. The maximum Gasteiger partial charge on any atom is 0.253 e. The van der Waals surface area contributed by atoms with Crippen LogP contribution in [0.15, 0.2) is 18.2 Å². The molecule has 1 saturated heterocycles. The quantitative estimate of drug-likeness (QED) is 0.832. The van der Waals surface area contributed by atoms with Crippen LogP contribution in [0.25, 0.3) is 0 Å². The molecule has 1 atom stereocenters. The van der Waals surface area contributed by atoms with Gasteiger partial charge in [-0.2, -0.15) is 0 Å². The average molecular weight is 386 g/mol. The minimum absolute atomic E-state index is 0.0756. The minimum Gasteiger partial charge on any atom is -0.354 e. The van der Waals surface area contributed by atoms with Crippen LogP contribution in [0.2, 0.25) is 10.0 Å². The zero-order valence-electron chi connectivity index (χ0n) is 14.1. The summed E-state index contributed by atoms with van der Waals surface area (Å²) >= 11 is 11.9. The van der Waals surface area contributed by atoms with Crippen LogP contribution in [-0.2, 0) is 9.59 Å². The van der Waals surface area contributed by atoms with Crippen molar-refractivity contribution in [2.24, 2.45) is 5.92 Å². The number of benzene rings is 1. The zero-order chi connectivity index (χ0) is 18.6. The predicted octanol–water partition coefficient (Wildman–Crippen LogP) is 2.10.